The molecule has 20 heavy (non-hydrogen) atoms. The molecule has 0 spiro atoms. The largest absolute Gasteiger partial charge is 0.390 e. The predicted octanol–water partition coefficient (Wildman–Crippen LogP) is 1.34. The molecule has 0 bridgehead atoms. The van der Waals surface area contributed by atoms with Crippen LogP contribution in [-0.4, -0.2) is 45.5 Å². The van der Waals surface area contributed by atoms with Crippen LogP contribution in [0.1, 0.15) is 11.1 Å². The molecule has 0 radical (unpaired) electrons. The molecule has 2 aromatic rings. The molecule has 1 aromatic heterocycles. The van der Waals surface area contributed by atoms with Crippen LogP contribution in [0.15, 0.2) is 42.7 Å². The predicted molar refractivity (Wildman–Crippen MR) is 78.5 cm³/mol. The van der Waals surface area contributed by atoms with Crippen LogP contribution >= 0.6 is 0 Å². The highest BCUT2D eigenvalue weighted by molar-refractivity contribution is 5.33. The molecule has 1 aliphatic rings. The maximum Gasteiger partial charge on any atom is 0.0862 e. The number of rotatable bonds is 5. The van der Waals surface area contributed by atoms with Gasteiger partial charge >= 0.3 is 0 Å². The average molecular weight is 271 g/mol. The zero-order chi connectivity index (χ0) is 13.9. The van der Waals surface area contributed by atoms with Crippen molar-refractivity contribution in [2.24, 2.45) is 0 Å². The first-order valence-electron chi connectivity index (χ1n) is 7.15. The van der Waals surface area contributed by atoms with E-state index in [0.29, 0.717) is 19.1 Å². The smallest absolute Gasteiger partial charge is 0.0862 e. The van der Waals surface area contributed by atoms with Crippen molar-refractivity contribution in [2.45, 2.75) is 31.5 Å². The standard InChI is InChI=1S/C16H21N3O/c1-18(11-16(20)12-19-8-4-7-17-19)15-9-13-5-2-3-6-14(13)10-15/h2-8,15-16,20H,9-12H2,1H3/t16-/m0/s1. The van der Waals surface area contributed by atoms with Gasteiger partial charge in [-0.3, -0.25) is 4.68 Å². The van der Waals surface area contributed by atoms with E-state index in [9.17, 15) is 5.11 Å². The lowest BCUT2D eigenvalue weighted by molar-refractivity contribution is 0.0894. The summed E-state index contributed by atoms with van der Waals surface area (Å²) < 4.78 is 1.78. The molecule has 0 amide bonds. The van der Waals surface area contributed by atoms with E-state index in [2.05, 4.69) is 41.3 Å². The van der Waals surface area contributed by atoms with Gasteiger partial charge in [0.2, 0.25) is 0 Å². The average Bonchev–Trinajstić information content (AvgIpc) is 3.06. The maximum absolute atomic E-state index is 10.2. The first-order chi connectivity index (χ1) is 9.72. The number of nitrogens with zero attached hydrogens (tertiary/aromatic N) is 3. The van der Waals surface area contributed by atoms with E-state index in [-0.39, 0.29) is 6.10 Å². The molecule has 3 rings (SSSR count). The lowest BCUT2D eigenvalue weighted by Crippen LogP contribution is -2.39. The lowest BCUT2D eigenvalue weighted by atomic mass is 10.1. The Morgan fingerprint density at radius 3 is 2.60 bits per heavy atom. The Morgan fingerprint density at radius 2 is 2.00 bits per heavy atom. The molecule has 0 saturated carbocycles. The van der Waals surface area contributed by atoms with Gasteiger partial charge in [-0.15, -0.1) is 0 Å². The van der Waals surface area contributed by atoms with Crippen molar-refractivity contribution in [3.63, 3.8) is 0 Å². The van der Waals surface area contributed by atoms with E-state index in [4.69, 9.17) is 0 Å². The van der Waals surface area contributed by atoms with Gasteiger partial charge in [-0.25, -0.2) is 0 Å². The van der Waals surface area contributed by atoms with E-state index < -0.39 is 0 Å². The molecule has 0 aliphatic heterocycles. The van der Waals surface area contributed by atoms with Crippen molar-refractivity contribution in [1.82, 2.24) is 14.7 Å². The molecule has 1 N–H and O–H groups in total. The summed E-state index contributed by atoms with van der Waals surface area (Å²) in [4.78, 5) is 2.27. The van der Waals surface area contributed by atoms with E-state index in [1.54, 1.807) is 10.9 Å². The molecular formula is C16H21N3O. The van der Waals surface area contributed by atoms with E-state index in [1.807, 2.05) is 12.3 Å². The second-order valence-electron chi connectivity index (χ2n) is 5.65. The number of likely N-dealkylation sites (N-methyl/N-ethyl adjacent to an activating group) is 1. The Labute approximate surface area is 119 Å². The molecule has 1 aliphatic carbocycles. The number of aromatic nitrogens is 2. The van der Waals surface area contributed by atoms with Crippen LogP contribution in [0, 0.1) is 0 Å². The molecular weight excluding hydrogens is 250 g/mol. The van der Waals surface area contributed by atoms with Crippen LogP contribution in [-0.2, 0) is 19.4 Å². The van der Waals surface area contributed by atoms with Crippen molar-refractivity contribution in [2.75, 3.05) is 13.6 Å². The molecule has 4 heteroatoms. The Bertz CT molecular complexity index is 528. The van der Waals surface area contributed by atoms with E-state index >= 15 is 0 Å². The van der Waals surface area contributed by atoms with Crippen LogP contribution in [0.3, 0.4) is 0 Å². The van der Waals surface area contributed by atoms with Gasteiger partial charge in [-0.2, -0.15) is 5.10 Å². The summed E-state index contributed by atoms with van der Waals surface area (Å²) in [6.45, 7) is 1.23. The van der Waals surface area contributed by atoms with Crippen molar-refractivity contribution in [1.29, 1.82) is 0 Å². The minimum atomic E-state index is -0.386. The van der Waals surface area contributed by atoms with Gasteiger partial charge in [0.25, 0.3) is 0 Å². The van der Waals surface area contributed by atoms with Gasteiger partial charge in [0.15, 0.2) is 0 Å². The topological polar surface area (TPSA) is 41.3 Å². The highest BCUT2D eigenvalue weighted by Gasteiger charge is 2.25. The second-order valence-corrected chi connectivity index (χ2v) is 5.65. The Morgan fingerprint density at radius 1 is 1.30 bits per heavy atom. The number of aliphatic hydroxyl groups excluding tert-OH is 1. The summed E-state index contributed by atoms with van der Waals surface area (Å²) in [5.74, 6) is 0. The summed E-state index contributed by atoms with van der Waals surface area (Å²) in [5.41, 5.74) is 2.90. The van der Waals surface area contributed by atoms with Gasteiger partial charge in [0.05, 0.1) is 12.6 Å². The third-order valence-corrected chi connectivity index (χ3v) is 4.11. The number of fused-ring (bicyclic) bond motifs is 1. The minimum absolute atomic E-state index is 0.386. The number of hydrogen-bond acceptors (Lipinski definition) is 3. The normalized spacial score (nSPS) is 16.6. The van der Waals surface area contributed by atoms with Gasteiger partial charge in [0, 0.05) is 25.0 Å². The van der Waals surface area contributed by atoms with Crippen LogP contribution in [0.2, 0.25) is 0 Å². The molecule has 1 heterocycles. The number of benzene rings is 1. The monoisotopic (exact) mass is 271 g/mol. The molecule has 1 atom stereocenters. The lowest BCUT2D eigenvalue weighted by Gasteiger charge is -2.26. The highest BCUT2D eigenvalue weighted by atomic mass is 16.3. The van der Waals surface area contributed by atoms with Crippen LogP contribution in [0.25, 0.3) is 0 Å². The van der Waals surface area contributed by atoms with Crippen molar-refractivity contribution in [3.8, 4) is 0 Å². The van der Waals surface area contributed by atoms with Crippen molar-refractivity contribution >= 4 is 0 Å². The van der Waals surface area contributed by atoms with E-state index in [1.165, 1.54) is 11.1 Å². The van der Waals surface area contributed by atoms with Crippen LogP contribution < -0.4 is 0 Å². The zero-order valence-electron chi connectivity index (χ0n) is 11.8. The quantitative estimate of drug-likeness (QED) is 0.892. The molecule has 1 aromatic carbocycles. The summed E-state index contributed by atoms with van der Waals surface area (Å²) in [6, 6.07) is 11.0. The molecule has 0 fully saturated rings. The highest BCUT2D eigenvalue weighted by Crippen LogP contribution is 2.24. The summed E-state index contributed by atoms with van der Waals surface area (Å²) >= 11 is 0. The fourth-order valence-electron chi connectivity index (χ4n) is 3.01. The Kier molecular flexibility index (Phi) is 3.85. The fourth-order valence-corrected chi connectivity index (χ4v) is 3.01. The second kappa shape index (κ2) is 5.77. The molecule has 0 unspecified atom stereocenters. The van der Waals surface area contributed by atoms with Crippen molar-refractivity contribution in [3.05, 3.63) is 53.9 Å². The van der Waals surface area contributed by atoms with E-state index in [0.717, 1.165) is 12.8 Å². The maximum atomic E-state index is 10.2. The zero-order valence-corrected chi connectivity index (χ0v) is 11.8. The third-order valence-electron chi connectivity index (χ3n) is 4.11. The van der Waals surface area contributed by atoms with Crippen LogP contribution in [0.4, 0.5) is 0 Å². The summed E-state index contributed by atoms with van der Waals surface area (Å²) in [6.07, 6.45) is 5.41. The van der Waals surface area contributed by atoms with Gasteiger partial charge in [0.1, 0.15) is 0 Å². The van der Waals surface area contributed by atoms with Gasteiger partial charge < -0.3 is 10.0 Å². The fraction of sp³-hybridized carbons (Fsp3) is 0.438. The SMILES string of the molecule is CN(C[C@H](O)Cn1cccn1)C1Cc2ccccc2C1. The molecule has 0 saturated heterocycles. The van der Waals surface area contributed by atoms with Crippen molar-refractivity contribution < 1.29 is 5.11 Å². The first-order valence-corrected chi connectivity index (χ1v) is 7.15. The first kappa shape index (κ1) is 13.3. The minimum Gasteiger partial charge on any atom is -0.390 e. The third kappa shape index (κ3) is 2.92. The molecule has 106 valence electrons. The summed E-state index contributed by atoms with van der Waals surface area (Å²) in [5, 5.41) is 14.3. The summed E-state index contributed by atoms with van der Waals surface area (Å²) in [7, 11) is 2.10. The Balaban J connectivity index is 1.54. The number of hydrogen-bond donors (Lipinski definition) is 1. The van der Waals surface area contributed by atoms with Gasteiger partial charge in [-0.1, -0.05) is 24.3 Å². The Hall–Kier alpha value is -1.65. The number of aliphatic hydroxyl groups is 1. The molecule has 4 nitrogen and oxygen atoms in total. The van der Waals surface area contributed by atoms with Crippen LogP contribution in [0.5, 0.6) is 0 Å². The van der Waals surface area contributed by atoms with Gasteiger partial charge in [-0.05, 0) is 37.1 Å².